The Morgan fingerprint density at radius 2 is 1.94 bits per heavy atom. The highest BCUT2D eigenvalue weighted by atomic mass is 19.1. The second-order valence-electron chi connectivity index (χ2n) is 7.13. The molecule has 168 valence electrons. The number of pyridine rings is 1. The molecule has 0 radical (unpaired) electrons. The van der Waals surface area contributed by atoms with Crippen LogP contribution in [-0.2, 0) is 29.2 Å². The van der Waals surface area contributed by atoms with Gasteiger partial charge in [0, 0.05) is 6.54 Å². The van der Waals surface area contributed by atoms with E-state index in [1.54, 1.807) is 20.8 Å². The van der Waals surface area contributed by atoms with Gasteiger partial charge in [-0.05, 0) is 32.4 Å². The van der Waals surface area contributed by atoms with Crippen LogP contribution in [0.3, 0.4) is 0 Å². The maximum absolute atomic E-state index is 14.8. The minimum Gasteiger partial charge on any atom is -0.459 e. The average molecular weight is 442 g/mol. The Kier molecular flexibility index (Phi) is 7.26. The van der Waals surface area contributed by atoms with Gasteiger partial charge in [-0.15, -0.1) is 5.10 Å². The van der Waals surface area contributed by atoms with Gasteiger partial charge < -0.3 is 9.47 Å². The third-order valence-electron chi connectivity index (χ3n) is 4.46. The fourth-order valence-corrected chi connectivity index (χ4v) is 3.01. The predicted octanol–water partition coefficient (Wildman–Crippen LogP) is 2.68. The van der Waals surface area contributed by atoms with E-state index >= 15 is 0 Å². The van der Waals surface area contributed by atoms with E-state index in [1.807, 2.05) is 30.3 Å². The van der Waals surface area contributed by atoms with Crippen molar-refractivity contribution in [2.24, 2.45) is 0 Å². The lowest BCUT2D eigenvalue weighted by molar-refractivity contribution is 0.0375. The van der Waals surface area contributed by atoms with Gasteiger partial charge in [-0.25, -0.2) is 19.0 Å². The van der Waals surface area contributed by atoms with Gasteiger partial charge in [0.05, 0.1) is 18.3 Å². The molecule has 32 heavy (non-hydrogen) atoms. The van der Waals surface area contributed by atoms with Crippen molar-refractivity contribution < 1.29 is 23.5 Å². The summed E-state index contributed by atoms with van der Waals surface area (Å²) in [6.07, 6.45) is -0.169. The Hall–Kier alpha value is -3.66. The molecule has 0 spiro atoms. The van der Waals surface area contributed by atoms with Gasteiger partial charge in [0.15, 0.2) is 23.7 Å². The van der Waals surface area contributed by atoms with Crippen LogP contribution in [0.25, 0.3) is 5.82 Å². The number of aldehydes is 1. The summed E-state index contributed by atoms with van der Waals surface area (Å²) in [7, 11) is 0. The molecule has 0 atom stereocenters. The Bertz CT molecular complexity index is 1170. The van der Waals surface area contributed by atoms with Crippen LogP contribution < -0.4 is 5.69 Å². The number of aromatic nitrogens is 4. The molecule has 0 unspecified atom stereocenters. The molecule has 0 aliphatic heterocycles. The molecule has 0 aliphatic carbocycles. The molecule has 9 nitrogen and oxygen atoms in total. The Labute approximate surface area is 183 Å². The molecule has 10 heteroatoms. The minimum absolute atomic E-state index is 0.00588. The van der Waals surface area contributed by atoms with Crippen LogP contribution in [0.5, 0.6) is 0 Å². The van der Waals surface area contributed by atoms with Crippen molar-refractivity contribution in [3.05, 3.63) is 75.3 Å². The Morgan fingerprint density at radius 3 is 2.56 bits per heavy atom. The predicted molar refractivity (Wildman–Crippen MR) is 112 cm³/mol. The first kappa shape index (κ1) is 23.0. The molecule has 0 amide bonds. The summed E-state index contributed by atoms with van der Waals surface area (Å²) in [5, 5.41) is 4.15. The first-order chi connectivity index (χ1) is 15.3. The van der Waals surface area contributed by atoms with Crippen molar-refractivity contribution in [3.63, 3.8) is 0 Å². The van der Waals surface area contributed by atoms with Crippen molar-refractivity contribution in [3.8, 4) is 5.82 Å². The third-order valence-corrected chi connectivity index (χ3v) is 4.46. The standard InChI is InChI=1S/C22H23FN4O5/c1-4-26-19(13-31-12-15-8-6-5-7-9-15)25-27(22(26)30)20-17(23)10-16(18(11-28)24-20)21(29)32-14(2)3/h5-11,14H,4,12-13H2,1-3H3. The molecule has 3 aromatic rings. The quantitative estimate of drug-likeness (QED) is 0.371. The summed E-state index contributed by atoms with van der Waals surface area (Å²) in [6.45, 7) is 5.56. The van der Waals surface area contributed by atoms with Crippen molar-refractivity contribution >= 4 is 12.3 Å². The molecular formula is C22H23FN4O5. The summed E-state index contributed by atoms with van der Waals surface area (Å²) in [5.41, 5.74) is -0.382. The zero-order valence-corrected chi connectivity index (χ0v) is 17.9. The maximum Gasteiger partial charge on any atom is 0.352 e. The number of esters is 1. The second-order valence-corrected chi connectivity index (χ2v) is 7.13. The summed E-state index contributed by atoms with van der Waals surface area (Å²) in [5.74, 6) is -2.10. The monoisotopic (exact) mass is 442 g/mol. The smallest absolute Gasteiger partial charge is 0.352 e. The number of nitrogens with zero attached hydrogens (tertiary/aromatic N) is 4. The van der Waals surface area contributed by atoms with E-state index in [4.69, 9.17) is 9.47 Å². The largest absolute Gasteiger partial charge is 0.459 e. The normalized spacial score (nSPS) is 11.0. The zero-order valence-electron chi connectivity index (χ0n) is 17.9. The van der Waals surface area contributed by atoms with E-state index < -0.39 is 29.4 Å². The minimum atomic E-state index is -0.995. The first-order valence-corrected chi connectivity index (χ1v) is 10.0. The summed E-state index contributed by atoms with van der Waals surface area (Å²) < 4.78 is 27.6. The Morgan fingerprint density at radius 1 is 1.22 bits per heavy atom. The Balaban J connectivity index is 1.92. The van der Waals surface area contributed by atoms with Crippen LogP contribution in [0.15, 0.2) is 41.2 Å². The summed E-state index contributed by atoms with van der Waals surface area (Å²) >= 11 is 0. The van der Waals surface area contributed by atoms with Crippen molar-refractivity contribution in [1.29, 1.82) is 0 Å². The molecule has 0 N–H and O–H groups in total. The van der Waals surface area contributed by atoms with Gasteiger partial charge in [-0.1, -0.05) is 30.3 Å². The van der Waals surface area contributed by atoms with Gasteiger partial charge in [0.25, 0.3) is 0 Å². The number of benzene rings is 1. The van der Waals surface area contributed by atoms with Crippen LogP contribution in [-0.4, -0.2) is 37.7 Å². The number of halogens is 1. The zero-order chi connectivity index (χ0) is 23.3. The molecule has 0 aliphatic rings. The topological polar surface area (TPSA) is 105 Å². The lowest BCUT2D eigenvalue weighted by atomic mass is 10.2. The molecule has 2 heterocycles. The van der Waals surface area contributed by atoms with E-state index in [0.717, 1.165) is 16.3 Å². The highest BCUT2D eigenvalue weighted by molar-refractivity contribution is 5.97. The van der Waals surface area contributed by atoms with Crippen LogP contribution in [0.4, 0.5) is 4.39 Å². The van der Waals surface area contributed by atoms with Gasteiger partial charge >= 0.3 is 11.7 Å². The van der Waals surface area contributed by atoms with Gasteiger partial charge in [0.1, 0.15) is 12.3 Å². The van der Waals surface area contributed by atoms with E-state index in [0.29, 0.717) is 12.9 Å². The van der Waals surface area contributed by atoms with Crippen LogP contribution >= 0.6 is 0 Å². The number of hydrogen-bond acceptors (Lipinski definition) is 7. The van der Waals surface area contributed by atoms with Crippen LogP contribution in [0, 0.1) is 5.82 Å². The second kappa shape index (κ2) is 10.1. The fourth-order valence-electron chi connectivity index (χ4n) is 3.01. The fraction of sp³-hybridized carbons (Fsp3) is 0.318. The lowest BCUT2D eigenvalue weighted by Crippen LogP contribution is -2.26. The molecule has 2 aromatic heterocycles. The number of hydrogen-bond donors (Lipinski definition) is 0. The van der Waals surface area contributed by atoms with Crippen LogP contribution in [0.2, 0.25) is 0 Å². The molecule has 0 bridgehead atoms. The highest BCUT2D eigenvalue weighted by Crippen LogP contribution is 2.16. The molecular weight excluding hydrogens is 419 g/mol. The summed E-state index contributed by atoms with van der Waals surface area (Å²) in [4.78, 5) is 40.3. The highest BCUT2D eigenvalue weighted by Gasteiger charge is 2.23. The maximum atomic E-state index is 14.8. The number of carbonyl (C=O) groups excluding carboxylic acids is 2. The molecule has 0 fully saturated rings. The van der Waals surface area contributed by atoms with Gasteiger partial charge in [-0.2, -0.15) is 4.68 Å². The SMILES string of the molecule is CCn1c(COCc2ccccc2)nn(-c2nc(C=O)c(C(=O)OC(C)C)cc2F)c1=O. The van der Waals surface area contributed by atoms with Crippen molar-refractivity contribution in [2.75, 3.05) is 0 Å². The van der Waals surface area contributed by atoms with E-state index in [9.17, 15) is 18.8 Å². The first-order valence-electron chi connectivity index (χ1n) is 10.0. The number of ether oxygens (including phenoxy) is 2. The molecule has 1 aromatic carbocycles. The molecule has 3 rings (SSSR count). The molecule has 0 saturated heterocycles. The van der Waals surface area contributed by atoms with E-state index in [1.165, 1.54) is 4.57 Å². The third kappa shape index (κ3) is 4.97. The van der Waals surface area contributed by atoms with Crippen molar-refractivity contribution in [2.45, 2.75) is 46.6 Å². The lowest BCUT2D eigenvalue weighted by Gasteiger charge is -2.10. The van der Waals surface area contributed by atoms with Crippen molar-refractivity contribution in [1.82, 2.24) is 19.3 Å². The van der Waals surface area contributed by atoms with Crippen LogP contribution in [0.1, 0.15) is 53.0 Å². The van der Waals surface area contributed by atoms with E-state index in [2.05, 4.69) is 10.1 Å². The number of rotatable bonds is 9. The summed E-state index contributed by atoms with van der Waals surface area (Å²) in [6, 6.07) is 10.3. The van der Waals surface area contributed by atoms with Gasteiger partial charge in [0.2, 0.25) is 0 Å². The average Bonchev–Trinajstić information content (AvgIpc) is 3.08. The number of carbonyl (C=O) groups is 2. The van der Waals surface area contributed by atoms with E-state index in [-0.39, 0.29) is 30.2 Å². The van der Waals surface area contributed by atoms with Gasteiger partial charge in [-0.3, -0.25) is 9.36 Å². The molecule has 0 saturated carbocycles.